The Morgan fingerprint density at radius 2 is 1.68 bits per heavy atom. The molecule has 3 atom stereocenters. The van der Waals surface area contributed by atoms with Crippen molar-refractivity contribution < 1.29 is 35.9 Å². The average molecular weight is 525 g/mol. The molecule has 0 spiro atoms. The maximum Gasteiger partial charge on any atom is 0.416 e. The van der Waals surface area contributed by atoms with E-state index in [-0.39, 0.29) is 30.7 Å². The average Bonchev–Trinajstić information content (AvgIpc) is 2.86. The van der Waals surface area contributed by atoms with Crippen LogP contribution in [-0.2, 0) is 27.4 Å². The van der Waals surface area contributed by atoms with Gasteiger partial charge in [-0.2, -0.15) is 31.6 Å². The summed E-state index contributed by atoms with van der Waals surface area (Å²) in [5, 5.41) is 13.2. The summed E-state index contributed by atoms with van der Waals surface area (Å²) in [5.41, 5.74) is -4.15. The number of carbonyl (C=O) groups is 1. The molecule has 0 radical (unpaired) electrons. The Hall–Kier alpha value is -3.10. The lowest BCUT2D eigenvalue weighted by Gasteiger charge is -2.51. The van der Waals surface area contributed by atoms with Crippen molar-refractivity contribution in [1.82, 2.24) is 10.2 Å². The molecule has 2 saturated heterocycles. The molecule has 2 heterocycles. The van der Waals surface area contributed by atoms with Crippen LogP contribution < -0.4 is 5.32 Å². The van der Waals surface area contributed by atoms with Crippen molar-refractivity contribution in [3.63, 3.8) is 0 Å². The fourth-order valence-electron chi connectivity index (χ4n) is 4.85. The Morgan fingerprint density at radius 3 is 2.11 bits per heavy atom. The number of halogens is 6. The Balaban J connectivity index is 1.59. The molecule has 1 amide bonds. The summed E-state index contributed by atoms with van der Waals surface area (Å²) >= 11 is 0. The highest BCUT2D eigenvalue weighted by molar-refractivity contribution is 5.83. The fourth-order valence-corrected chi connectivity index (χ4v) is 4.85. The summed E-state index contributed by atoms with van der Waals surface area (Å²) in [4.78, 5) is 13.6. The number of hydrogen-bond donors (Lipinski definition) is 1. The molecule has 198 valence electrons. The number of nitrogens with zero attached hydrogens (tertiary/aromatic N) is 2. The number of carbonyl (C=O) groups excluding carboxylic acids is 1. The van der Waals surface area contributed by atoms with Crippen molar-refractivity contribution >= 4 is 5.91 Å². The number of benzene rings is 2. The molecule has 0 saturated carbocycles. The van der Waals surface area contributed by atoms with Gasteiger partial charge in [0.05, 0.1) is 35.4 Å². The number of hydrogen-bond acceptors (Lipinski definition) is 4. The van der Waals surface area contributed by atoms with E-state index in [4.69, 9.17) is 4.74 Å². The first-order chi connectivity index (χ1) is 17.3. The number of alkyl halides is 6. The van der Waals surface area contributed by atoms with Crippen LogP contribution >= 0.6 is 0 Å². The van der Waals surface area contributed by atoms with Gasteiger partial charge in [0, 0.05) is 19.5 Å². The molecule has 2 unspecified atom stereocenters. The lowest BCUT2D eigenvalue weighted by atomic mass is 9.75. The van der Waals surface area contributed by atoms with E-state index in [2.05, 4.69) is 11.4 Å². The van der Waals surface area contributed by atoms with Crippen LogP contribution in [-0.4, -0.2) is 36.0 Å². The van der Waals surface area contributed by atoms with E-state index in [1.54, 1.807) is 17.0 Å². The van der Waals surface area contributed by atoms with Crippen molar-refractivity contribution in [2.75, 3.05) is 19.7 Å². The molecule has 1 N–H and O–H groups in total. The summed E-state index contributed by atoms with van der Waals surface area (Å²) in [6.07, 6.45) is -9.94. The molecule has 11 heteroatoms. The number of nitrogens with one attached hydrogen (secondary N) is 1. The van der Waals surface area contributed by atoms with Crippen LogP contribution in [0.1, 0.15) is 54.5 Å². The molecule has 2 aromatic carbocycles. The summed E-state index contributed by atoms with van der Waals surface area (Å²) in [6.45, 7) is 1.95. The zero-order chi connectivity index (χ0) is 27.1. The van der Waals surface area contributed by atoms with E-state index in [1.165, 1.54) is 6.92 Å². The van der Waals surface area contributed by atoms with E-state index < -0.39 is 40.7 Å². The normalized spacial score (nSPS) is 25.4. The SMILES string of the molecule is CC(OC[C@@]1(c2ccccc2)CCC(C#N)(N2CCC2=O)CN1)c1cc(C(F)(F)F)cc(C(F)(F)F)c1. The Labute approximate surface area is 210 Å². The summed E-state index contributed by atoms with van der Waals surface area (Å²) in [6, 6.07) is 12.8. The van der Waals surface area contributed by atoms with Crippen LogP contribution in [0.25, 0.3) is 0 Å². The highest BCUT2D eigenvalue weighted by Gasteiger charge is 2.51. The topological polar surface area (TPSA) is 65.4 Å². The number of piperidine rings is 1. The van der Waals surface area contributed by atoms with Gasteiger partial charge in [-0.1, -0.05) is 30.3 Å². The van der Waals surface area contributed by atoms with Gasteiger partial charge in [0.1, 0.15) is 5.54 Å². The van der Waals surface area contributed by atoms with Crippen LogP contribution in [0.15, 0.2) is 48.5 Å². The minimum absolute atomic E-state index is 0.0781. The lowest BCUT2D eigenvalue weighted by Crippen LogP contribution is -2.67. The summed E-state index contributed by atoms with van der Waals surface area (Å²) in [7, 11) is 0. The molecule has 37 heavy (non-hydrogen) atoms. The van der Waals surface area contributed by atoms with Gasteiger partial charge in [0.25, 0.3) is 0 Å². The number of β-lactam (4-membered cyclic amide) rings is 1. The molecule has 0 aliphatic carbocycles. The van der Waals surface area contributed by atoms with Gasteiger partial charge >= 0.3 is 12.4 Å². The van der Waals surface area contributed by atoms with Crippen molar-refractivity contribution in [2.45, 2.75) is 55.7 Å². The van der Waals surface area contributed by atoms with Gasteiger partial charge in [-0.25, -0.2) is 0 Å². The van der Waals surface area contributed by atoms with Crippen molar-refractivity contribution in [3.05, 3.63) is 70.8 Å². The predicted molar refractivity (Wildman–Crippen MR) is 121 cm³/mol. The highest BCUT2D eigenvalue weighted by atomic mass is 19.4. The van der Waals surface area contributed by atoms with Crippen LogP contribution in [0.2, 0.25) is 0 Å². The third-order valence-corrected chi connectivity index (χ3v) is 7.25. The smallest absolute Gasteiger partial charge is 0.372 e. The number of nitriles is 1. The van der Waals surface area contributed by atoms with E-state index in [9.17, 15) is 36.4 Å². The van der Waals surface area contributed by atoms with Crippen molar-refractivity contribution in [3.8, 4) is 6.07 Å². The first-order valence-electron chi connectivity index (χ1n) is 11.7. The van der Waals surface area contributed by atoms with Gasteiger partial charge in [-0.05, 0) is 49.1 Å². The van der Waals surface area contributed by atoms with Crippen LogP contribution in [0, 0.1) is 11.3 Å². The first-order valence-corrected chi connectivity index (χ1v) is 11.7. The highest BCUT2D eigenvalue weighted by Crippen LogP contribution is 2.41. The van der Waals surface area contributed by atoms with Crippen LogP contribution in [0.4, 0.5) is 26.3 Å². The minimum atomic E-state index is -4.96. The fraction of sp³-hybridized carbons (Fsp3) is 0.462. The number of rotatable bonds is 6. The van der Waals surface area contributed by atoms with Crippen LogP contribution in [0.5, 0.6) is 0 Å². The molecular formula is C26H25F6N3O2. The van der Waals surface area contributed by atoms with Crippen LogP contribution in [0.3, 0.4) is 0 Å². The van der Waals surface area contributed by atoms with Gasteiger partial charge in [0.15, 0.2) is 0 Å². The number of amides is 1. The lowest BCUT2D eigenvalue weighted by molar-refractivity contribution is -0.148. The maximum absolute atomic E-state index is 13.3. The molecule has 5 nitrogen and oxygen atoms in total. The largest absolute Gasteiger partial charge is 0.416 e. The van der Waals surface area contributed by atoms with Gasteiger partial charge in [-0.3, -0.25) is 4.79 Å². The molecule has 4 rings (SSSR count). The second-order valence-electron chi connectivity index (χ2n) is 9.53. The summed E-state index contributed by atoms with van der Waals surface area (Å²) < 4.78 is 85.8. The Bertz CT molecular complexity index is 1150. The zero-order valence-electron chi connectivity index (χ0n) is 19.9. The maximum atomic E-state index is 13.3. The third kappa shape index (κ3) is 5.31. The molecule has 0 aromatic heterocycles. The number of ether oxygens (including phenoxy) is 1. The Kier molecular flexibility index (Phi) is 7.03. The molecule has 2 aliphatic heterocycles. The monoisotopic (exact) mass is 525 g/mol. The van der Waals surface area contributed by atoms with E-state index >= 15 is 0 Å². The second kappa shape index (κ2) is 9.65. The van der Waals surface area contributed by atoms with Gasteiger partial charge < -0.3 is 15.0 Å². The first kappa shape index (κ1) is 26.9. The van der Waals surface area contributed by atoms with E-state index in [0.717, 1.165) is 5.56 Å². The number of likely N-dealkylation sites (tertiary alicyclic amines) is 1. The second-order valence-corrected chi connectivity index (χ2v) is 9.53. The predicted octanol–water partition coefficient (Wildman–Crippen LogP) is 5.58. The van der Waals surface area contributed by atoms with E-state index in [0.29, 0.717) is 37.9 Å². The van der Waals surface area contributed by atoms with Crippen molar-refractivity contribution in [1.29, 1.82) is 5.26 Å². The van der Waals surface area contributed by atoms with Gasteiger partial charge in [-0.15, -0.1) is 0 Å². The quantitative estimate of drug-likeness (QED) is 0.395. The van der Waals surface area contributed by atoms with Crippen molar-refractivity contribution in [2.24, 2.45) is 0 Å². The zero-order valence-corrected chi connectivity index (χ0v) is 19.9. The molecule has 2 aliphatic rings. The standard InChI is InChI=1S/C26H25F6N3O2/c1-17(18-11-20(25(27,28)29)13-21(12-18)26(30,31)32)37-16-24(19-5-3-2-4-6-19)9-8-23(14-33,15-34-24)35-10-7-22(35)36/h2-6,11-13,17,34H,7-10,15-16H2,1H3/t17?,23?,24-/m1/s1. The molecule has 2 aromatic rings. The molecule has 0 bridgehead atoms. The van der Waals surface area contributed by atoms with Gasteiger partial charge in [0.2, 0.25) is 5.91 Å². The van der Waals surface area contributed by atoms with E-state index in [1.807, 2.05) is 18.2 Å². The third-order valence-electron chi connectivity index (χ3n) is 7.25. The molecule has 2 fully saturated rings. The molecular weight excluding hydrogens is 500 g/mol. The Morgan fingerprint density at radius 1 is 1.05 bits per heavy atom. The minimum Gasteiger partial charge on any atom is -0.372 e. The summed E-state index contributed by atoms with van der Waals surface area (Å²) in [5.74, 6) is -0.106.